The minimum atomic E-state index is -0.00372. The Morgan fingerprint density at radius 1 is 0.875 bits per heavy atom. The first-order valence-electron chi connectivity index (χ1n) is 12.3. The number of hydrogen-bond acceptors (Lipinski definition) is 4. The minimum absolute atomic E-state index is 0.00372. The summed E-state index contributed by atoms with van der Waals surface area (Å²) in [5.41, 5.74) is 3.75. The Labute approximate surface area is 192 Å². The van der Waals surface area contributed by atoms with Gasteiger partial charge in [0.25, 0.3) is 5.91 Å². The molecule has 2 aromatic carbocycles. The van der Waals surface area contributed by atoms with Crippen LogP contribution in [-0.4, -0.2) is 66.1 Å². The number of aliphatic hydroxyl groups is 1. The molecule has 2 saturated heterocycles. The fourth-order valence-corrected chi connectivity index (χ4v) is 5.01. The second kappa shape index (κ2) is 11.6. The molecule has 0 aromatic heterocycles. The summed E-state index contributed by atoms with van der Waals surface area (Å²) in [5, 5.41) is 12.2. The Bertz CT molecular complexity index is 836. The van der Waals surface area contributed by atoms with Crippen LogP contribution in [0.2, 0.25) is 0 Å². The lowest BCUT2D eigenvalue weighted by Gasteiger charge is -2.40. The van der Waals surface area contributed by atoms with E-state index in [4.69, 9.17) is 0 Å². The Balaban J connectivity index is 1.15. The van der Waals surface area contributed by atoms with Crippen LogP contribution in [0.5, 0.6) is 0 Å². The number of carbonyl (C=O) groups is 1. The maximum absolute atomic E-state index is 12.5. The van der Waals surface area contributed by atoms with E-state index in [9.17, 15) is 9.90 Å². The van der Waals surface area contributed by atoms with Crippen molar-refractivity contribution in [1.82, 2.24) is 15.1 Å². The molecule has 1 amide bonds. The standard InChI is InChI=1S/C27H37N3O2/c31-21-22-5-7-23(8-6-22)24-9-11-25(12-10-24)27(32)28-15-4-16-29-19-13-26(14-20-29)30-17-2-1-3-18-30/h5-12,26,31H,1-4,13-21H2,(H,28,32). The number of aliphatic hydroxyl groups excluding tert-OH is 1. The summed E-state index contributed by atoms with van der Waals surface area (Å²) in [6.45, 7) is 6.81. The monoisotopic (exact) mass is 435 g/mol. The molecule has 2 N–H and O–H groups in total. The topological polar surface area (TPSA) is 55.8 Å². The maximum Gasteiger partial charge on any atom is 0.251 e. The van der Waals surface area contributed by atoms with Crippen molar-refractivity contribution >= 4 is 5.91 Å². The third-order valence-electron chi connectivity index (χ3n) is 7.02. The van der Waals surface area contributed by atoms with Gasteiger partial charge < -0.3 is 20.2 Å². The van der Waals surface area contributed by atoms with Crippen molar-refractivity contribution < 1.29 is 9.90 Å². The molecule has 0 atom stereocenters. The predicted octanol–water partition coefficient (Wildman–Crippen LogP) is 3.92. The molecule has 2 aliphatic heterocycles. The summed E-state index contributed by atoms with van der Waals surface area (Å²) in [5.74, 6) is -0.00372. The Kier molecular flexibility index (Phi) is 8.32. The summed E-state index contributed by atoms with van der Waals surface area (Å²) in [4.78, 5) is 17.8. The van der Waals surface area contributed by atoms with E-state index in [2.05, 4.69) is 15.1 Å². The molecule has 0 unspecified atom stereocenters. The fourth-order valence-electron chi connectivity index (χ4n) is 5.01. The highest BCUT2D eigenvalue weighted by Gasteiger charge is 2.25. The van der Waals surface area contributed by atoms with Crippen LogP contribution < -0.4 is 5.32 Å². The van der Waals surface area contributed by atoms with Crippen molar-refractivity contribution in [2.45, 2.75) is 51.2 Å². The summed E-state index contributed by atoms with van der Waals surface area (Å²) in [7, 11) is 0. The van der Waals surface area contributed by atoms with Gasteiger partial charge in [0.15, 0.2) is 0 Å². The van der Waals surface area contributed by atoms with Crippen LogP contribution in [-0.2, 0) is 6.61 Å². The molecular weight excluding hydrogens is 398 g/mol. The Morgan fingerprint density at radius 2 is 1.50 bits per heavy atom. The number of nitrogens with one attached hydrogen (secondary N) is 1. The van der Waals surface area contributed by atoms with Gasteiger partial charge in [-0.05, 0) is 93.7 Å². The minimum Gasteiger partial charge on any atom is -0.392 e. The zero-order chi connectivity index (χ0) is 22.2. The molecular formula is C27H37N3O2. The highest BCUT2D eigenvalue weighted by molar-refractivity contribution is 5.94. The van der Waals surface area contributed by atoms with E-state index in [1.807, 2.05) is 48.5 Å². The molecule has 0 saturated carbocycles. The van der Waals surface area contributed by atoms with Gasteiger partial charge in [-0.15, -0.1) is 0 Å². The largest absolute Gasteiger partial charge is 0.392 e. The first-order valence-corrected chi connectivity index (χ1v) is 12.3. The van der Waals surface area contributed by atoms with Crippen LogP contribution in [0.25, 0.3) is 11.1 Å². The van der Waals surface area contributed by atoms with Crippen LogP contribution in [0.3, 0.4) is 0 Å². The third kappa shape index (κ3) is 6.18. The summed E-state index contributed by atoms with van der Waals surface area (Å²) in [6, 6.07) is 16.4. The number of hydrogen-bond donors (Lipinski definition) is 2. The number of likely N-dealkylation sites (tertiary alicyclic amines) is 2. The van der Waals surface area contributed by atoms with Gasteiger partial charge in [0.1, 0.15) is 0 Å². The number of nitrogens with zero attached hydrogens (tertiary/aromatic N) is 2. The zero-order valence-corrected chi connectivity index (χ0v) is 19.1. The molecule has 2 aromatic rings. The van der Waals surface area contributed by atoms with Gasteiger partial charge in [-0.25, -0.2) is 0 Å². The maximum atomic E-state index is 12.5. The van der Waals surface area contributed by atoms with E-state index < -0.39 is 0 Å². The number of amides is 1. The summed E-state index contributed by atoms with van der Waals surface area (Å²) >= 11 is 0. The number of rotatable bonds is 8. The van der Waals surface area contributed by atoms with E-state index in [1.165, 1.54) is 58.3 Å². The van der Waals surface area contributed by atoms with Crippen LogP contribution in [0.1, 0.15) is 54.4 Å². The second-order valence-electron chi connectivity index (χ2n) is 9.21. The van der Waals surface area contributed by atoms with Crippen molar-refractivity contribution in [2.24, 2.45) is 0 Å². The van der Waals surface area contributed by atoms with Gasteiger partial charge in [0, 0.05) is 18.2 Å². The SMILES string of the molecule is O=C(NCCCN1CCC(N2CCCCC2)CC1)c1ccc(-c2ccc(CO)cc2)cc1. The first kappa shape index (κ1) is 23.0. The highest BCUT2D eigenvalue weighted by atomic mass is 16.3. The smallest absolute Gasteiger partial charge is 0.251 e. The van der Waals surface area contributed by atoms with Gasteiger partial charge in [0.2, 0.25) is 0 Å². The first-order chi connectivity index (χ1) is 15.7. The molecule has 5 nitrogen and oxygen atoms in total. The van der Waals surface area contributed by atoms with Crippen LogP contribution in [0, 0.1) is 0 Å². The highest BCUT2D eigenvalue weighted by Crippen LogP contribution is 2.22. The molecule has 172 valence electrons. The quantitative estimate of drug-likeness (QED) is 0.617. The predicted molar refractivity (Wildman–Crippen MR) is 130 cm³/mol. The van der Waals surface area contributed by atoms with Crippen molar-refractivity contribution in [3.05, 3.63) is 59.7 Å². The van der Waals surface area contributed by atoms with Crippen LogP contribution in [0.4, 0.5) is 0 Å². The molecule has 5 heteroatoms. The third-order valence-corrected chi connectivity index (χ3v) is 7.02. The number of benzene rings is 2. The number of carbonyl (C=O) groups excluding carboxylic acids is 1. The molecule has 2 fully saturated rings. The number of piperidine rings is 2. The second-order valence-corrected chi connectivity index (χ2v) is 9.21. The zero-order valence-electron chi connectivity index (χ0n) is 19.1. The van der Waals surface area contributed by atoms with Crippen molar-refractivity contribution in [2.75, 3.05) is 39.3 Å². The van der Waals surface area contributed by atoms with Crippen molar-refractivity contribution in [3.63, 3.8) is 0 Å². The summed E-state index contributed by atoms with van der Waals surface area (Å²) < 4.78 is 0. The van der Waals surface area contributed by atoms with E-state index in [0.717, 1.165) is 42.2 Å². The van der Waals surface area contributed by atoms with Gasteiger partial charge in [-0.1, -0.05) is 42.8 Å². The average Bonchev–Trinajstić information content (AvgIpc) is 2.87. The Morgan fingerprint density at radius 3 is 2.12 bits per heavy atom. The van der Waals surface area contributed by atoms with E-state index in [-0.39, 0.29) is 12.5 Å². The van der Waals surface area contributed by atoms with Crippen molar-refractivity contribution in [3.8, 4) is 11.1 Å². The average molecular weight is 436 g/mol. The van der Waals surface area contributed by atoms with Gasteiger partial charge in [0.05, 0.1) is 6.61 Å². The van der Waals surface area contributed by atoms with Gasteiger partial charge in [-0.2, -0.15) is 0 Å². The Hall–Kier alpha value is -2.21. The molecule has 0 aliphatic carbocycles. The molecule has 2 aliphatic rings. The summed E-state index contributed by atoms with van der Waals surface area (Å²) in [6.07, 6.45) is 7.74. The molecule has 32 heavy (non-hydrogen) atoms. The van der Waals surface area contributed by atoms with Crippen molar-refractivity contribution in [1.29, 1.82) is 0 Å². The van der Waals surface area contributed by atoms with Crippen LogP contribution in [0.15, 0.2) is 48.5 Å². The molecule has 0 spiro atoms. The molecule has 0 bridgehead atoms. The van der Waals surface area contributed by atoms with E-state index in [0.29, 0.717) is 5.56 Å². The molecule has 2 heterocycles. The van der Waals surface area contributed by atoms with Crippen LogP contribution >= 0.6 is 0 Å². The van der Waals surface area contributed by atoms with Gasteiger partial charge >= 0.3 is 0 Å². The normalized spacial score (nSPS) is 18.5. The lowest BCUT2D eigenvalue weighted by molar-refractivity contribution is 0.0903. The van der Waals surface area contributed by atoms with E-state index in [1.54, 1.807) is 0 Å². The molecule has 4 rings (SSSR count). The lowest BCUT2D eigenvalue weighted by atomic mass is 10.00. The van der Waals surface area contributed by atoms with Gasteiger partial charge in [-0.3, -0.25) is 4.79 Å². The molecule has 0 radical (unpaired) electrons. The lowest BCUT2D eigenvalue weighted by Crippen LogP contribution is -2.47. The van der Waals surface area contributed by atoms with E-state index >= 15 is 0 Å². The fraction of sp³-hybridized carbons (Fsp3) is 0.519.